The number of hydrogen-bond donors (Lipinski definition) is 2. The molecule has 1 heterocycles. The molecule has 0 bridgehead atoms. The first-order chi connectivity index (χ1) is 7.74. The largest absolute Gasteiger partial charge is 0.380 e. The number of aromatic amines is 1. The first-order valence-electron chi connectivity index (χ1n) is 5.32. The van der Waals surface area contributed by atoms with Gasteiger partial charge in [0, 0.05) is 38.5 Å². The van der Waals surface area contributed by atoms with Crippen molar-refractivity contribution in [3.63, 3.8) is 0 Å². The summed E-state index contributed by atoms with van der Waals surface area (Å²) in [5.74, 6) is 0. The van der Waals surface area contributed by atoms with Crippen molar-refractivity contribution in [1.29, 1.82) is 0 Å². The van der Waals surface area contributed by atoms with E-state index in [0.29, 0.717) is 26.3 Å². The molecule has 1 aromatic rings. The van der Waals surface area contributed by atoms with Crippen LogP contribution in [0.1, 0.15) is 6.92 Å². The van der Waals surface area contributed by atoms with Crippen molar-refractivity contribution in [2.24, 2.45) is 0 Å². The fraction of sp³-hybridized carbons (Fsp3) is 0.600. The second kappa shape index (κ2) is 6.97. The molecule has 1 rings (SSSR count). The fourth-order valence-corrected chi connectivity index (χ4v) is 1.23. The second-order valence-corrected chi connectivity index (χ2v) is 3.25. The molecule has 0 atom stereocenters. The van der Waals surface area contributed by atoms with Gasteiger partial charge >= 0.3 is 5.69 Å². The summed E-state index contributed by atoms with van der Waals surface area (Å²) in [5.41, 5.74) is -0.746. The normalized spacial score (nSPS) is 10.6. The Hall–Kier alpha value is -1.40. The van der Waals surface area contributed by atoms with Crippen LogP contribution in [0.5, 0.6) is 0 Å². The van der Waals surface area contributed by atoms with Crippen molar-refractivity contribution < 1.29 is 4.74 Å². The van der Waals surface area contributed by atoms with Crippen LogP contribution in [0.15, 0.2) is 21.9 Å². The number of rotatable bonds is 7. The summed E-state index contributed by atoms with van der Waals surface area (Å²) in [5, 5.41) is 3.13. The number of aromatic nitrogens is 2. The maximum atomic E-state index is 11.3. The average Bonchev–Trinajstić information content (AvgIpc) is 2.26. The standard InChI is InChI=1S/C10H17N3O3/c1-2-16-8-5-11-4-7-13-6-3-9(14)12-10(13)15/h3,6,11H,2,4-5,7-8H2,1H3,(H,12,14,15). The Morgan fingerprint density at radius 1 is 1.44 bits per heavy atom. The minimum absolute atomic E-state index is 0.370. The third kappa shape index (κ3) is 4.41. The summed E-state index contributed by atoms with van der Waals surface area (Å²) in [4.78, 5) is 24.3. The molecular formula is C10H17N3O3. The summed E-state index contributed by atoms with van der Waals surface area (Å²) in [7, 11) is 0. The lowest BCUT2D eigenvalue weighted by Crippen LogP contribution is -2.32. The fourth-order valence-electron chi connectivity index (χ4n) is 1.23. The lowest BCUT2D eigenvalue weighted by molar-refractivity contribution is 0.149. The molecule has 0 fully saturated rings. The van der Waals surface area contributed by atoms with E-state index in [0.717, 1.165) is 6.54 Å². The van der Waals surface area contributed by atoms with Crippen molar-refractivity contribution in [2.45, 2.75) is 13.5 Å². The smallest absolute Gasteiger partial charge is 0.328 e. The molecule has 6 heteroatoms. The maximum Gasteiger partial charge on any atom is 0.328 e. The molecule has 16 heavy (non-hydrogen) atoms. The lowest BCUT2D eigenvalue weighted by Gasteiger charge is -2.06. The van der Waals surface area contributed by atoms with Gasteiger partial charge < -0.3 is 10.1 Å². The van der Waals surface area contributed by atoms with Crippen molar-refractivity contribution >= 4 is 0 Å². The van der Waals surface area contributed by atoms with Crippen molar-refractivity contribution in [3.05, 3.63) is 33.1 Å². The molecule has 90 valence electrons. The number of ether oxygens (including phenoxy) is 1. The van der Waals surface area contributed by atoms with Gasteiger partial charge in [0.1, 0.15) is 0 Å². The monoisotopic (exact) mass is 227 g/mol. The Kier molecular flexibility index (Phi) is 5.52. The van der Waals surface area contributed by atoms with E-state index in [1.54, 1.807) is 0 Å². The van der Waals surface area contributed by atoms with Crippen molar-refractivity contribution in [3.8, 4) is 0 Å². The highest BCUT2D eigenvalue weighted by Crippen LogP contribution is 1.76. The first kappa shape index (κ1) is 12.7. The van der Waals surface area contributed by atoms with Crippen LogP contribution in [0.2, 0.25) is 0 Å². The average molecular weight is 227 g/mol. The molecule has 0 amide bonds. The summed E-state index contributed by atoms with van der Waals surface area (Å²) >= 11 is 0. The van der Waals surface area contributed by atoms with Gasteiger partial charge in [-0.05, 0) is 6.92 Å². The molecule has 0 radical (unpaired) electrons. The molecule has 0 aliphatic rings. The molecule has 0 saturated carbocycles. The van der Waals surface area contributed by atoms with E-state index < -0.39 is 0 Å². The lowest BCUT2D eigenvalue weighted by atomic mass is 10.5. The zero-order valence-corrected chi connectivity index (χ0v) is 9.36. The topological polar surface area (TPSA) is 76.1 Å². The molecule has 0 unspecified atom stereocenters. The molecule has 0 saturated heterocycles. The molecule has 1 aromatic heterocycles. The highest BCUT2D eigenvalue weighted by atomic mass is 16.5. The summed E-state index contributed by atoms with van der Waals surface area (Å²) < 4.78 is 6.60. The van der Waals surface area contributed by atoms with Crippen LogP contribution in [0.3, 0.4) is 0 Å². The van der Waals surface area contributed by atoms with Crippen molar-refractivity contribution in [1.82, 2.24) is 14.9 Å². The van der Waals surface area contributed by atoms with Crippen LogP contribution in [-0.4, -0.2) is 35.9 Å². The van der Waals surface area contributed by atoms with Gasteiger partial charge in [0.15, 0.2) is 0 Å². The van der Waals surface area contributed by atoms with Crippen LogP contribution in [0.25, 0.3) is 0 Å². The molecule has 0 aliphatic carbocycles. The molecular weight excluding hydrogens is 210 g/mol. The highest BCUT2D eigenvalue weighted by molar-refractivity contribution is 4.82. The molecule has 0 aromatic carbocycles. The Balaban J connectivity index is 2.27. The summed E-state index contributed by atoms with van der Waals surface area (Å²) in [6, 6.07) is 1.33. The van der Waals surface area contributed by atoms with Gasteiger partial charge in [-0.1, -0.05) is 0 Å². The third-order valence-electron chi connectivity index (χ3n) is 2.05. The minimum Gasteiger partial charge on any atom is -0.380 e. The molecule has 2 N–H and O–H groups in total. The SMILES string of the molecule is CCOCCNCCn1ccc(=O)[nH]c1=O. The van der Waals surface area contributed by atoms with E-state index in [4.69, 9.17) is 4.74 Å². The zero-order chi connectivity index (χ0) is 11.8. The van der Waals surface area contributed by atoms with Gasteiger partial charge in [-0.25, -0.2) is 4.79 Å². The van der Waals surface area contributed by atoms with Crippen LogP contribution in [-0.2, 0) is 11.3 Å². The van der Waals surface area contributed by atoms with Crippen LogP contribution >= 0.6 is 0 Å². The zero-order valence-electron chi connectivity index (χ0n) is 9.36. The van der Waals surface area contributed by atoms with E-state index in [9.17, 15) is 9.59 Å². The second-order valence-electron chi connectivity index (χ2n) is 3.25. The third-order valence-corrected chi connectivity index (χ3v) is 2.05. The Bertz CT molecular complexity index is 410. The summed E-state index contributed by atoms with van der Waals surface area (Å²) in [6.45, 7) is 5.27. The van der Waals surface area contributed by atoms with Gasteiger partial charge in [-0.15, -0.1) is 0 Å². The predicted octanol–water partition coefficient (Wildman–Crippen LogP) is -0.837. The number of nitrogens with zero attached hydrogens (tertiary/aromatic N) is 1. The van der Waals surface area contributed by atoms with Crippen LogP contribution in [0.4, 0.5) is 0 Å². The van der Waals surface area contributed by atoms with Gasteiger partial charge in [0.05, 0.1) is 6.61 Å². The van der Waals surface area contributed by atoms with Gasteiger partial charge in [-0.2, -0.15) is 0 Å². The molecule has 0 spiro atoms. The van der Waals surface area contributed by atoms with E-state index in [1.165, 1.54) is 16.8 Å². The Morgan fingerprint density at radius 3 is 2.94 bits per heavy atom. The van der Waals surface area contributed by atoms with E-state index in [2.05, 4.69) is 10.3 Å². The first-order valence-corrected chi connectivity index (χ1v) is 5.32. The Morgan fingerprint density at radius 2 is 2.25 bits per heavy atom. The van der Waals surface area contributed by atoms with E-state index in [1.807, 2.05) is 6.92 Å². The predicted molar refractivity (Wildman–Crippen MR) is 60.7 cm³/mol. The van der Waals surface area contributed by atoms with E-state index in [-0.39, 0.29) is 11.2 Å². The van der Waals surface area contributed by atoms with Crippen LogP contribution < -0.4 is 16.6 Å². The number of H-pyrrole nitrogens is 1. The van der Waals surface area contributed by atoms with E-state index >= 15 is 0 Å². The maximum absolute atomic E-state index is 11.3. The van der Waals surface area contributed by atoms with Crippen molar-refractivity contribution in [2.75, 3.05) is 26.3 Å². The number of nitrogens with one attached hydrogen (secondary N) is 2. The Labute approximate surface area is 93.3 Å². The van der Waals surface area contributed by atoms with Gasteiger partial charge in [-0.3, -0.25) is 14.3 Å². The summed E-state index contributed by atoms with van der Waals surface area (Å²) in [6.07, 6.45) is 1.49. The molecule has 6 nitrogen and oxygen atoms in total. The minimum atomic E-state index is -0.376. The van der Waals surface area contributed by atoms with Crippen LogP contribution in [0, 0.1) is 0 Å². The van der Waals surface area contributed by atoms with Gasteiger partial charge in [0.25, 0.3) is 5.56 Å². The highest BCUT2D eigenvalue weighted by Gasteiger charge is 1.95. The number of hydrogen-bond acceptors (Lipinski definition) is 4. The quantitative estimate of drug-likeness (QED) is 0.596. The van der Waals surface area contributed by atoms with Gasteiger partial charge in [0.2, 0.25) is 0 Å². The molecule has 0 aliphatic heterocycles.